The minimum atomic E-state index is -0.0269. The molecule has 0 bridgehead atoms. The number of anilines is 2. The van der Waals surface area contributed by atoms with Crippen LogP contribution < -0.4 is 10.2 Å². The van der Waals surface area contributed by atoms with Crippen molar-refractivity contribution >= 4 is 17.5 Å². The van der Waals surface area contributed by atoms with E-state index in [4.69, 9.17) is 4.52 Å². The van der Waals surface area contributed by atoms with Crippen LogP contribution in [-0.4, -0.2) is 42.3 Å². The fourth-order valence-corrected chi connectivity index (χ4v) is 3.52. The summed E-state index contributed by atoms with van der Waals surface area (Å²) in [5.41, 5.74) is 3.35. The molecule has 27 heavy (non-hydrogen) atoms. The van der Waals surface area contributed by atoms with E-state index in [2.05, 4.69) is 61.3 Å². The van der Waals surface area contributed by atoms with Gasteiger partial charge in [0.2, 0.25) is 0 Å². The Morgan fingerprint density at radius 2 is 1.67 bits per heavy atom. The van der Waals surface area contributed by atoms with Crippen molar-refractivity contribution in [2.24, 2.45) is 0 Å². The average Bonchev–Trinajstić information content (AvgIpc) is 3.08. The Morgan fingerprint density at radius 1 is 1.07 bits per heavy atom. The van der Waals surface area contributed by atoms with E-state index < -0.39 is 0 Å². The zero-order valence-corrected chi connectivity index (χ0v) is 17.0. The summed E-state index contributed by atoms with van der Waals surface area (Å²) in [5, 5.41) is 7.28. The first kappa shape index (κ1) is 19.3. The first-order valence-electron chi connectivity index (χ1n) is 9.73. The largest absolute Gasteiger partial charge is 0.360 e. The van der Waals surface area contributed by atoms with Crippen molar-refractivity contribution in [2.45, 2.75) is 46.5 Å². The number of amides is 2. The molecule has 0 atom stereocenters. The van der Waals surface area contributed by atoms with E-state index in [0.29, 0.717) is 24.9 Å². The van der Waals surface area contributed by atoms with E-state index in [1.165, 1.54) is 11.1 Å². The van der Waals surface area contributed by atoms with Crippen LogP contribution in [0, 0.1) is 6.92 Å². The SMILES string of the molecule is Cc1cc(N2CCN(C(=O)Nc3c(C(C)C)cccc3C(C)C)CC2)no1. The number of carbonyl (C=O) groups is 1. The molecule has 6 nitrogen and oxygen atoms in total. The maximum atomic E-state index is 12.9. The molecule has 1 saturated heterocycles. The van der Waals surface area contributed by atoms with Crippen molar-refractivity contribution in [3.63, 3.8) is 0 Å². The fourth-order valence-electron chi connectivity index (χ4n) is 3.52. The Balaban J connectivity index is 1.70. The smallest absolute Gasteiger partial charge is 0.321 e. The molecule has 1 N–H and O–H groups in total. The third-order valence-corrected chi connectivity index (χ3v) is 5.11. The second-order valence-electron chi connectivity index (χ2n) is 7.82. The van der Waals surface area contributed by atoms with E-state index in [9.17, 15) is 4.79 Å². The predicted octanol–water partition coefficient (Wildman–Crippen LogP) is 4.58. The van der Waals surface area contributed by atoms with Gasteiger partial charge in [-0.05, 0) is 29.9 Å². The van der Waals surface area contributed by atoms with Gasteiger partial charge in [0.15, 0.2) is 5.82 Å². The summed E-state index contributed by atoms with van der Waals surface area (Å²) in [5.74, 6) is 2.36. The zero-order chi connectivity index (χ0) is 19.6. The summed E-state index contributed by atoms with van der Waals surface area (Å²) in [6, 6.07) is 8.21. The number of hydrogen-bond acceptors (Lipinski definition) is 4. The number of carbonyl (C=O) groups excluding carboxylic acids is 1. The second kappa shape index (κ2) is 8.03. The lowest BCUT2D eigenvalue weighted by Crippen LogP contribution is -2.50. The van der Waals surface area contributed by atoms with Gasteiger partial charge in [0.1, 0.15) is 5.76 Å². The van der Waals surface area contributed by atoms with Crippen LogP contribution in [0.3, 0.4) is 0 Å². The number of hydrogen-bond donors (Lipinski definition) is 1. The van der Waals surface area contributed by atoms with Gasteiger partial charge in [-0.25, -0.2) is 4.79 Å². The molecule has 1 aromatic heterocycles. The molecule has 2 aromatic rings. The molecule has 2 amide bonds. The summed E-state index contributed by atoms with van der Waals surface area (Å²) in [6.07, 6.45) is 0. The monoisotopic (exact) mass is 370 g/mol. The third-order valence-electron chi connectivity index (χ3n) is 5.11. The number of aromatic nitrogens is 1. The van der Waals surface area contributed by atoms with E-state index in [-0.39, 0.29) is 6.03 Å². The number of urea groups is 1. The van der Waals surface area contributed by atoms with Crippen LogP contribution in [0.1, 0.15) is 56.4 Å². The number of rotatable bonds is 4. The number of piperazine rings is 1. The highest BCUT2D eigenvalue weighted by molar-refractivity contribution is 5.91. The molecular weight excluding hydrogens is 340 g/mol. The zero-order valence-electron chi connectivity index (χ0n) is 17.0. The van der Waals surface area contributed by atoms with Crippen LogP contribution in [0.5, 0.6) is 0 Å². The molecule has 2 heterocycles. The summed E-state index contributed by atoms with van der Waals surface area (Å²) in [6.45, 7) is 13.4. The van der Waals surface area contributed by atoms with Gasteiger partial charge in [-0.2, -0.15) is 0 Å². The van der Waals surface area contributed by atoms with Crippen LogP contribution in [0.25, 0.3) is 0 Å². The van der Waals surface area contributed by atoms with Crippen LogP contribution in [0.2, 0.25) is 0 Å². The highest BCUT2D eigenvalue weighted by Gasteiger charge is 2.24. The molecule has 1 aromatic carbocycles. The molecule has 0 saturated carbocycles. The molecule has 0 unspecified atom stereocenters. The maximum Gasteiger partial charge on any atom is 0.321 e. The summed E-state index contributed by atoms with van der Waals surface area (Å²) in [7, 11) is 0. The number of nitrogens with zero attached hydrogens (tertiary/aromatic N) is 3. The highest BCUT2D eigenvalue weighted by Crippen LogP contribution is 2.32. The lowest BCUT2D eigenvalue weighted by molar-refractivity contribution is 0.208. The van der Waals surface area contributed by atoms with Crippen molar-refractivity contribution in [3.05, 3.63) is 41.2 Å². The van der Waals surface area contributed by atoms with Crippen molar-refractivity contribution in [1.29, 1.82) is 0 Å². The van der Waals surface area contributed by atoms with Gasteiger partial charge in [-0.1, -0.05) is 51.1 Å². The third kappa shape index (κ3) is 4.26. The van der Waals surface area contributed by atoms with Crippen molar-refractivity contribution < 1.29 is 9.32 Å². The molecule has 1 aliphatic heterocycles. The van der Waals surface area contributed by atoms with Gasteiger partial charge in [-0.3, -0.25) is 0 Å². The quantitative estimate of drug-likeness (QED) is 0.855. The Hall–Kier alpha value is -2.50. The van der Waals surface area contributed by atoms with E-state index in [1.54, 1.807) is 0 Å². The van der Waals surface area contributed by atoms with Crippen LogP contribution in [0.4, 0.5) is 16.3 Å². The fraction of sp³-hybridized carbons (Fsp3) is 0.524. The van der Waals surface area contributed by atoms with Crippen LogP contribution in [-0.2, 0) is 0 Å². The van der Waals surface area contributed by atoms with Gasteiger partial charge in [0.25, 0.3) is 0 Å². The number of aryl methyl sites for hydroxylation is 1. The van der Waals surface area contributed by atoms with Gasteiger partial charge in [0, 0.05) is 37.9 Å². The highest BCUT2D eigenvalue weighted by atomic mass is 16.5. The summed E-state index contributed by atoms with van der Waals surface area (Å²) < 4.78 is 5.16. The Kier molecular flexibility index (Phi) is 5.73. The van der Waals surface area contributed by atoms with Crippen LogP contribution >= 0.6 is 0 Å². The first-order valence-corrected chi connectivity index (χ1v) is 9.73. The Bertz CT molecular complexity index is 763. The summed E-state index contributed by atoms with van der Waals surface area (Å²) >= 11 is 0. The first-order chi connectivity index (χ1) is 12.9. The Morgan fingerprint density at radius 3 is 2.15 bits per heavy atom. The second-order valence-corrected chi connectivity index (χ2v) is 7.82. The number of benzene rings is 1. The predicted molar refractivity (Wildman–Crippen MR) is 109 cm³/mol. The standard InChI is InChI=1S/C21H30N4O2/c1-14(2)17-7-6-8-18(15(3)4)20(17)22-21(26)25-11-9-24(10-12-25)19-13-16(5)27-23-19/h6-8,13-15H,9-12H2,1-5H3,(H,22,26). The molecule has 1 fully saturated rings. The van der Waals surface area contributed by atoms with E-state index in [0.717, 1.165) is 30.4 Å². The summed E-state index contributed by atoms with van der Waals surface area (Å²) in [4.78, 5) is 17.0. The molecule has 0 aliphatic carbocycles. The minimum Gasteiger partial charge on any atom is -0.360 e. The van der Waals surface area contributed by atoms with Gasteiger partial charge >= 0.3 is 6.03 Å². The van der Waals surface area contributed by atoms with E-state index >= 15 is 0 Å². The molecule has 6 heteroatoms. The van der Waals surface area contributed by atoms with Crippen molar-refractivity contribution in [3.8, 4) is 0 Å². The molecule has 1 aliphatic rings. The molecule has 3 rings (SSSR count). The average molecular weight is 370 g/mol. The topological polar surface area (TPSA) is 61.6 Å². The van der Waals surface area contributed by atoms with Crippen molar-refractivity contribution in [1.82, 2.24) is 10.1 Å². The molecule has 0 radical (unpaired) electrons. The number of nitrogens with one attached hydrogen (secondary N) is 1. The lowest BCUT2D eigenvalue weighted by atomic mass is 9.93. The van der Waals surface area contributed by atoms with Gasteiger partial charge in [0.05, 0.1) is 0 Å². The molecule has 146 valence electrons. The lowest BCUT2D eigenvalue weighted by Gasteiger charge is -2.35. The maximum absolute atomic E-state index is 12.9. The van der Waals surface area contributed by atoms with E-state index in [1.807, 2.05) is 17.9 Å². The van der Waals surface area contributed by atoms with Gasteiger partial charge in [-0.15, -0.1) is 0 Å². The number of para-hydroxylation sites is 1. The van der Waals surface area contributed by atoms with Crippen LogP contribution in [0.15, 0.2) is 28.8 Å². The minimum absolute atomic E-state index is 0.0269. The van der Waals surface area contributed by atoms with Crippen molar-refractivity contribution in [2.75, 3.05) is 36.4 Å². The molecular formula is C21H30N4O2. The molecule has 0 spiro atoms. The Labute approximate surface area is 161 Å². The van der Waals surface area contributed by atoms with Gasteiger partial charge < -0.3 is 19.6 Å². The normalized spacial score (nSPS) is 14.9.